The lowest BCUT2D eigenvalue weighted by atomic mass is 10.2. The van der Waals surface area contributed by atoms with Gasteiger partial charge in [-0.2, -0.15) is 0 Å². The highest BCUT2D eigenvalue weighted by Crippen LogP contribution is 2.38. The van der Waals surface area contributed by atoms with Gasteiger partial charge in [0.25, 0.3) is 0 Å². The number of rotatable bonds is 3. The molecule has 19 heavy (non-hydrogen) atoms. The molecule has 0 saturated heterocycles. The van der Waals surface area contributed by atoms with Gasteiger partial charge in [-0.05, 0) is 48.9 Å². The van der Waals surface area contributed by atoms with Gasteiger partial charge in [-0.3, -0.25) is 0 Å². The molecule has 2 heterocycles. The summed E-state index contributed by atoms with van der Waals surface area (Å²) in [6, 6.07) is 6.03. The van der Waals surface area contributed by atoms with E-state index in [4.69, 9.17) is 9.47 Å². The first kappa shape index (κ1) is 13.3. The van der Waals surface area contributed by atoms with E-state index >= 15 is 0 Å². The van der Waals surface area contributed by atoms with E-state index in [2.05, 4.69) is 48.6 Å². The van der Waals surface area contributed by atoms with Crippen LogP contribution in [0.3, 0.4) is 0 Å². The molecule has 0 unspecified atom stereocenters. The molecule has 0 aliphatic carbocycles. The van der Waals surface area contributed by atoms with Gasteiger partial charge in [0.05, 0.1) is 9.47 Å². The quantitative estimate of drug-likeness (QED) is 0.807. The van der Waals surface area contributed by atoms with Gasteiger partial charge in [0, 0.05) is 23.2 Å². The summed E-state index contributed by atoms with van der Waals surface area (Å²) in [7, 11) is 0. The van der Waals surface area contributed by atoms with Gasteiger partial charge in [-0.1, -0.05) is 0 Å². The molecule has 0 atom stereocenters. The topological polar surface area (TPSA) is 30.5 Å². The number of thiophene rings is 1. The molecule has 3 rings (SSSR count). The minimum Gasteiger partial charge on any atom is -0.486 e. The van der Waals surface area contributed by atoms with Gasteiger partial charge in [0.1, 0.15) is 13.2 Å². The van der Waals surface area contributed by atoms with E-state index in [1.807, 2.05) is 12.1 Å². The fourth-order valence-corrected chi connectivity index (χ4v) is 3.51. The normalized spacial score (nSPS) is 13.4. The second-order valence-corrected chi connectivity index (χ2v) is 7.23. The second kappa shape index (κ2) is 5.73. The highest BCUT2D eigenvalue weighted by Gasteiger charge is 2.14. The first-order chi connectivity index (χ1) is 9.22. The predicted octanol–water partition coefficient (Wildman–Crippen LogP) is 4.66. The molecule has 6 heteroatoms. The molecule has 0 fully saturated rings. The fraction of sp³-hybridized carbons (Fsp3) is 0.231. The summed E-state index contributed by atoms with van der Waals surface area (Å²) in [6.45, 7) is 1.99. The van der Waals surface area contributed by atoms with Crippen LogP contribution in [0.5, 0.6) is 11.5 Å². The summed E-state index contributed by atoms with van der Waals surface area (Å²) in [5.41, 5.74) is 2.25. The van der Waals surface area contributed by atoms with Crippen LogP contribution < -0.4 is 14.8 Å². The van der Waals surface area contributed by atoms with Crippen molar-refractivity contribution < 1.29 is 9.47 Å². The van der Waals surface area contributed by atoms with Crippen molar-refractivity contribution in [2.24, 2.45) is 0 Å². The molecule has 0 amide bonds. The Morgan fingerprint density at radius 3 is 2.53 bits per heavy atom. The Kier molecular flexibility index (Phi) is 4.00. The molecule has 1 aliphatic heterocycles. The minimum absolute atomic E-state index is 0.603. The lowest BCUT2D eigenvalue weighted by molar-refractivity contribution is 0.171. The Morgan fingerprint density at radius 1 is 1.11 bits per heavy atom. The van der Waals surface area contributed by atoms with Crippen molar-refractivity contribution >= 4 is 48.9 Å². The zero-order valence-corrected chi connectivity index (χ0v) is 13.9. The van der Waals surface area contributed by atoms with Crippen molar-refractivity contribution in [1.29, 1.82) is 0 Å². The predicted molar refractivity (Wildman–Crippen MR) is 84.5 cm³/mol. The summed E-state index contributed by atoms with van der Waals surface area (Å²) < 4.78 is 13.2. The standard InChI is InChI=1S/C13H11Br2NO2S/c14-9-4-11-12(18-2-1-17-11)5-10(9)16-6-8-3-13(15)19-7-8/h3-5,7,16H,1-2,6H2. The number of benzene rings is 1. The summed E-state index contributed by atoms with van der Waals surface area (Å²) in [4.78, 5) is 0. The van der Waals surface area contributed by atoms with Crippen LogP contribution in [0.4, 0.5) is 5.69 Å². The van der Waals surface area contributed by atoms with Crippen LogP contribution in [-0.2, 0) is 6.54 Å². The molecule has 0 bridgehead atoms. The summed E-state index contributed by atoms with van der Waals surface area (Å²) >= 11 is 8.70. The molecule has 0 radical (unpaired) electrons. The molecule has 3 nitrogen and oxygen atoms in total. The average molecular weight is 405 g/mol. The average Bonchev–Trinajstić information content (AvgIpc) is 2.82. The molecule has 0 spiro atoms. The van der Waals surface area contributed by atoms with Crippen molar-refractivity contribution in [1.82, 2.24) is 0 Å². The number of hydrogen-bond acceptors (Lipinski definition) is 4. The highest BCUT2D eigenvalue weighted by molar-refractivity contribution is 9.11. The Bertz CT molecular complexity index is 600. The molecule has 100 valence electrons. The van der Waals surface area contributed by atoms with E-state index in [0.717, 1.165) is 32.0 Å². The van der Waals surface area contributed by atoms with Crippen LogP contribution in [0.2, 0.25) is 0 Å². The number of hydrogen-bond donors (Lipinski definition) is 1. The van der Waals surface area contributed by atoms with Crippen LogP contribution in [0.25, 0.3) is 0 Å². The van der Waals surface area contributed by atoms with Crippen LogP contribution in [0, 0.1) is 0 Å². The second-order valence-electron chi connectivity index (χ2n) is 4.09. The molecule has 1 aromatic heterocycles. The molecule has 1 N–H and O–H groups in total. The monoisotopic (exact) mass is 403 g/mol. The number of halogens is 2. The van der Waals surface area contributed by atoms with E-state index < -0.39 is 0 Å². The van der Waals surface area contributed by atoms with Crippen molar-refractivity contribution in [2.75, 3.05) is 18.5 Å². The SMILES string of the molecule is Brc1cc(CNc2cc3c(cc2Br)OCCO3)cs1. The van der Waals surface area contributed by atoms with E-state index in [0.29, 0.717) is 13.2 Å². The van der Waals surface area contributed by atoms with Crippen LogP contribution in [0.15, 0.2) is 31.8 Å². The summed E-state index contributed by atoms with van der Waals surface area (Å²) in [5.74, 6) is 1.59. The van der Waals surface area contributed by atoms with E-state index in [9.17, 15) is 0 Å². The third-order valence-electron chi connectivity index (χ3n) is 2.74. The fourth-order valence-electron chi connectivity index (χ4n) is 1.84. The molecule has 2 aromatic rings. The van der Waals surface area contributed by atoms with Crippen LogP contribution in [-0.4, -0.2) is 13.2 Å². The Morgan fingerprint density at radius 2 is 1.84 bits per heavy atom. The van der Waals surface area contributed by atoms with E-state index in [1.165, 1.54) is 5.56 Å². The number of fused-ring (bicyclic) bond motifs is 1. The highest BCUT2D eigenvalue weighted by atomic mass is 79.9. The molecular weight excluding hydrogens is 394 g/mol. The molecule has 1 aromatic carbocycles. The minimum atomic E-state index is 0.603. The van der Waals surface area contributed by atoms with Crippen molar-refractivity contribution in [3.63, 3.8) is 0 Å². The summed E-state index contributed by atoms with van der Waals surface area (Å²) in [5, 5.41) is 5.52. The summed E-state index contributed by atoms with van der Waals surface area (Å²) in [6.07, 6.45) is 0. The Hall–Kier alpha value is -0.720. The number of anilines is 1. The zero-order chi connectivity index (χ0) is 13.2. The molecule has 0 saturated carbocycles. The maximum atomic E-state index is 5.58. The number of ether oxygens (including phenoxy) is 2. The lowest BCUT2D eigenvalue weighted by Gasteiger charge is -2.20. The zero-order valence-electron chi connectivity index (χ0n) is 9.91. The first-order valence-electron chi connectivity index (χ1n) is 5.78. The van der Waals surface area contributed by atoms with Gasteiger partial charge < -0.3 is 14.8 Å². The van der Waals surface area contributed by atoms with Gasteiger partial charge in [-0.25, -0.2) is 0 Å². The molecule has 1 aliphatic rings. The van der Waals surface area contributed by atoms with Gasteiger partial charge in [-0.15, -0.1) is 11.3 Å². The number of nitrogens with one attached hydrogen (secondary N) is 1. The van der Waals surface area contributed by atoms with Gasteiger partial charge in [0.15, 0.2) is 11.5 Å². The van der Waals surface area contributed by atoms with Crippen molar-refractivity contribution in [2.45, 2.75) is 6.54 Å². The van der Waals surface area contributed by atoms with Crippen LogP contribution in [0.1, 0.15) is 5.56 Å². The van der Waals surface area contributed by atoms with Crippen LogP contribution >= 0.6 is 43.2 Å². The van der Waals surface area contributed by atoms with Crippen molar-refractivity contribution in [3.8, 4) is 11.5 Å². The maximum Gasteiger partial charge on any atom is 0.163 e. The third kappa shape index (κ3) is 3.07. The van der Waals surface area contributed by atoms with Gasteiger partial charge >= 0.3 is 0 Å². The van der Waals surface area contributed by atoms with E-state index in [1.54, 1.807) is 11.3 Å². The maximum absolute atomic E-state index is 5.58. The van der Waals surface area contributed by atoms with E-state index in [-0.39, 0.29) is 0 Å². The third-order valence-corrected chi connectivity index (χ3v) is 4.95. The smallest absolute Gasteiger partial charge is 0.163 e. The first-order valence-corrected chi connectivity index (χ1v) is 8.25. The van der Waals surface area contributed by atoms with Gasteiger partial charge in [0.2, 0.25) is 0 Å². The molecular formula is C13H11Br2NO2S. The lowest BCUT2D eigenvalue weighted by Crippen LogP contribution is -2.15. The van der Waals surface area contributed by atoms with Crippen molar-refractivity contribution in [3.05, 3.63) is 37.4 Å². The Balaban J connectivity index is 1.77. The Labute approximate surface area is 132 Å². The largest absolute Gasteiger partial charge is 0.486 e.